The highest BCUT2D eigenvalue weighted by Gasteiger charge is 2.27. The van der Waals surface area contributed by atoms with Gasteiger partial charge in [-0.1, -0.05) is 0 Å². The van der Waals surface area contributed by atoms with E-state index in [1.807, 2.05) is 14.0 Å². The van der Waals surface area contributed by atoms with Gasteiger partial charge < -0.3 is 15.5 Å². The van der Waals surface area contributed by atoms with E-state index in [1.165, 1.54) is 0 Å². The minimum absolute atomic E-state index is 0.131. The Bertz CT molecular complexity index is 144. The van der Waals surface area contributed by atoms with Crippen LogP contribution in [0, 0.1) is 5.92 Å². The molecule has 3 heteroatoms. The summed E-state index contributed by atoms with van der Waals surface area (Å²) in [5, 5.41) is 22.3. The van der Waals surface area contributed by atoms with Gasteiger partial charge in [0.15, 0.2) is 0 Å². The predicted octanol–water partition coefficient (Wildman–Crippen LogP) is 0.506. The monoisotopic (exact) mass is 187 g/mol. The van der Waals surface area contributed by atoms with Gasteiger partial charge in [-0.3, -0.25) is 0 Å². The highest BCUT2D eigenvalue weighted by atomic mass is 16.3. The fourth-order valence-corrected chi connectivity index (χ4v) is 2.02. The fraction of sp³-hybridized carbons (Fsp3) is 1.00. The molecule has 0 aromatic heterocycles. The van der Waals surface area contributed by atoms with E-state index in [1.54, 1.807) is 0 Å². The van der Waals surface area contributed by atoms with Gasteiger partial charge in [0.2, 0.25) is 0 Å². The molecule has 1 aliphatic rings. The summed E-state index contributed by atoms with van der Waals surface area (Å²) in [6, 6.07) is 0.153. The van der Waals surface area contributed by atoms with E-state index in [9.17, 15) is 10.2 Å². The average molecular weight is 187 g/mol. The molecule has 0 aromatic carbocycles. The van der Waals surface area contributed by atoms with Crippen molar-refractivity contribution < 1.29 is 10.2 Å². The van der Waals surface area contributed by atoms with Gasteiger partial charge in [-0.2, -0.15) is 0 Å². The van der Waals surface area contributed by atoms with E-state index in [2.05, 4.69) is 5.32 Å². The van der Waals surface area contributed by atoms with Crippen LogP contribution in [0.15, 0.2) is 0 Å². The Morgan fingerprint density at radius 1 is 1.23 bits per heavy atom. The van der Waals surface area contributed by atoms with Gasteiger partial charge in [0.05, 0.1) is 12.2 Å². The fourth-order valence-electron chi connectivity index (χ4n) is 2.02. The molecule has 0 spiro atoms. The second kappa shape index (κ2) is 4.94. The minimum Gasteiger partial charge on any atom is -0.393 e. The summed E-state index contributed by atoms with van der Waals surface area (Å²) >= 11 is 0. The van der Waals surface area contributed by atoms with E-state index >= 15 is 0 Å². The maximum absolute atomic E-state index is 9.88. The molecular formula is C10H21NO2. The van der Waals surface area contributed by atoms with E-state index in [0.29, 0.717) is 5.92 Å². The van der Waals surface area contributed by atoms with Crippen molar-refractivity contribution in [2.45, 2.75) is 50.9 Å². The third-order valence-electron chi connectivity index (χ3n) is 3.19. The lowest BCUT2D eigenvalue weighted by molar-refractivity contribution is 0.0260. The number of hydrogen-bond donors (Lipinski definition) is 3. The molecule has 0 amide bonds. The molecule has 3 N–H and O–H groups in total. The molecule has 1 saturated carbocycles. The SMILES string of the molecule is CNC(C)C(O)C1CCC(O)CC1. The van der Waals surface area contributed by atoms with E-state index < -0.39 is 0 Å². The van der Waals surface area contributed by atoms with Crippen LogP contribution in [0.25, 0.3) is 0 Å². The Kier molecular flexibility index (Phi) is 4.16. The second-order valence-corrected chi connectivity index (χ2v) is 4.14. The summed E-state index contributed by atoms with van der Waals surface area (Å²) in [5.74, 6) is 0.367. The topological polar surface area (TPSA) is 52.5 Å². The molecular weight excluding hydrogens is 166 g/mol. The summed E-state index contributed by atoms with van der Waals surface area (Å²) in [7, 11) is 1.87. The van der Waals surface area contributed by atoms with Crippen LogP contribution in [0.2, 0.25) is 0 Å². The zero-order chi connectivity index (χ0) is 9.84. The average Bonchev–Trinajstić information content (AvgIpc) is 2.17. The summed E-state index contributed by atoms with van der Waals surface area (Å²) in [5.41, 5.74) is 0. The van der Waals surface area contributed by atoms with Crippen molar-refractivity contribution in [3.8, 4) is 0 Å². The first-order valence-electron chi connectivity index (χ1n) is 5.18. The summed E-state index contributed by atoms with van der Waals surface area (Å²) in [6.45, 7) is 2.00. The summed E-state index contributed by atoms with van der Waals surface area (Å²) in [6.07, 6.45) is 3.20. The van der Waals surface area contributed by atoms with Crippen molar-refractivity contribution in [3.63, 3.8) is 0 Å². The molecule has 3 nitrogen and oxygen atoms in total. The second-order valence-electron chi connectivity index (χ2n) is 4.14. The Morgan fingerprint density at radius 2 is 1.77 bits per heavy atom. The van der Waals surface area contributed by atoms with Gasteiger partial charge in [0.1, 0.15) is 0 Å². The van der Waals surface area contributed by atoms with Crippen molar-refractivity contribution in [1.82, 2.24) is 5.32 Å². The molecule has 1 aliphatic carbocycles. The van der Waals surface area contributed by atoms with E-state index in [0.717, 1.165) is 25.7 Å². The van der Waals surface area contributed by atoms with Crippen LogP contribution in [0.4, 0.5) is 0 Å². The first kappa shape index (κ1) is 11.0. The van der Waals surface area contributed by atoms with Gasteiger partial charge in [0, 0.05) is 6.04 Å². The Morgan fingerprint density at radius 3 is 2.23 bits per heavy atom. The van der Waals surface area contributed by atoms with Gasteiger partial charge in [-0.25, -0.2) is 0 Å². The third kappa shape index (κ3) is 2.93. The molecule has 78 valence electrons. The standard InChI is InChI=1S/C10H21NO2/c1-7(11-2)10(13)8-3-5-9(12)6-4-8/h7-13H,3-6H2,1-2H3. The van der Waals surface area contributed by atoms with Gasteiger partial charge in [0.25, 0.3) is 0 Å². The zero-order valence-electron chi connectivity index (χ0n) is 8.53. The predicted molar refractivity (Wildman–Crippen MR) is 52.5 cm³/mol. The smallest absolute Gasteiger partial charge is 0.0718 e. The van der Waals surface area contributed by atoms with Crippen LogP contribution in [0.1, 0.15) is 32.6 Å². The van der Waals surface area contributed by atoms with Gasteiger partial charge >= 0.3 is 0 Å². The van der Waals surface area contributed by atoms with Crippen molar-refractivity contribution in [2.24, 2.45) is 5.92 Å². The van der Waals surface area contributed by atoms with Gasteiger partial charge in [-0.05, 0) is 45.6 Å². The van der Waals surface area contributed by atoms with Crippen LogP contribution in [-0.2, 0) is 0 Å². The highest BCUT2D eigenvalue weighted by Crippen LogP contribution is 2.27. The molecule has 1 fully saturated rings. The van der Waals surface area contributed by atoms with Gasteiger partial charge in [-0.15, -0.1) is 0 Å². The number of aliphatic hydroxyl groups excluding tert-OH is 2. The minimum atomic E-state index is -0.266. The lowest BCUT2D eigenvalue weighted by Gasteiger charge is -2.32. The normalized spacial score (nSPS) is 34.2. The molecule has 0 aromatic rings. The molecule has 0 heterocycles. The Labute approximate surface area is 80.2 Å². The largest absolute Gasteiger partial charge is 0.393 e. The molecule has 0 radical (unpaired) electrons. The maximum Gasteiger partial charge on any atom is 0.0718 e. The zero-order valence-corrected chi connectivity index (χ0v) is 8.53. The number of rotatable bonds is 3. The lowest BCUT2D eigenvalue weighted by atomic mass is 9.82. The Hall–Kier alpha value is -0.120. The first-order chi connectivity index (χ1) is 6.15. The van der Waals surface area contributed by atoms with Crippen molar-refractivity contribution in [1.29, 1.82) is 0 Å². The number of hydrogen-bond acceptors (Lipinski definition) is 3. The quantitative estimate of drug-likeness (QED) is 0.603. The third-order valence-corrected chi connectivity index (χ3v) is 3.19. The van der Waals surface area contributed by atoms with Crippen LogP contribution in [0.3, 0.4) is 0 Å². The Balaban J connectivity index is 2.35. The summed E-state index contributed by atoms with van der Waals surface area (Å²) in [4.78, 5) is 0. The molecule has 13 heavy (non-hydrogen) atoms. The molecule has 0 aliphatic heterocycles. The van der Waals surface area contributed by atoms with Crippen LogP contribution in [-0.4, -0.2) is 35.5 Å². The van der Waals surface area contributed by atoms with Crippen LogP contribution < -0.4 is 5.32 Å². The number of nitrogens with one attached hydrogen (secondary N) is 1. The van der Waals surface area contributed by atoms with E-state index in [4.69, 9.17) is 0 Å². The summed E-state index contributed by atoms with van der Waals surface area (Å²) < 4.78 is 0. The molecule has 0 bridgehead atoms. The van der Waals surface area contributed by atoms with Crippen molar-refractivity contribution >= 4 is 0 Å². The first-order valence-corrected chi connectivity index (χ1v) is 5.18. The highest BCUT2D eigenvalue weighted by molar-refractivity contribution is 4.82. The molecule has 1 rings (SSSR count). The van der Waals surface area contributed by atoms with Crippen LogP contribution >= 0.6 is 0 Å². The number of likely N-dealkylation sites (N-methyl/N-ethyl adjacent to an activating group) is 1. The van der Waals surface area contributed by atoms with Crippen molar-refractivity contribution in [2.75, 3.05) is 7.05 Å². The lowest BCUT2D eigenvalue weighted by Crippen LogP contribution is -2.41. The molecule has 2 unspecified atom stereocenters. The molecule has 0 saturated heterocycles. The maximum atomic E-state index is 9.88. The van der Waals surface area contributed by atoms with E-state index in [-0.39, 0.29) is 18.2 Å². The van der Waals surface area contributed by atoms with Crippen LogP contribution in [0.5, 0.6) is 0 Å². The van der Waals surface area contributed by atoms with Crippen molar-refractivity contribution in [3.05, 3.63) is 0 Å². The number of aliphatic hydroxyl groups is 2. The molecule has 2 atom stereocenters.